The molecule has 0 aromatic heterocycles. The van der Waals surface area contributed by atoms with Crippen molar-refractivity contribution in [3.63, 3.8) is 0 Å². The quantitative estimate of drug-likeness (QED) is 0.722. The van der Waals surface area contributed by atoms with E-state index >= 15 is 0 Å². The molecular weight excluding hydrogens is 348 g/mol. The molecule has 1 N–H and O–H groups in total. The predicted molar refractivity (Wildman–Crippen MR) is 93.2 cm³/mol. The van der Waals surface area contributed by atoms with Crippen molar-refractivity contribution in [2.24, 2.45) is 0 Å². The minimum absolute atomic E-state index is 0.224. The summed E-state index contributed by atoms with van der Waals surface area (Å²) in [7, 11) is 1.93. The highest BCUT2D eigenvalue weighted by Gasteiger charge is 2.13. The SMILES string of the molecule is CNC(Cc1ccc(Cl)cc1Cl)Cc1ccc(Cl)cc1Cl. The number of likely N-dealkylation sites (N-methyl/N-ethyl adjacent to an activating group) is 1. The van der Waals surface area contributed by atoms with Crippen LogP contribution in [0.3, 0.4) is 0 Å². The summed E-state index contributed by atoms with van der Waals surface area (Å²) >= 11 is 24.3. The first-order chi connectivity index (χ1) is 9.99. The molecule has 0 aliphatic rings. The second-order valence-electron chi connectivity index (χ2n) is 4.87. The van der Waals surface area contributed by atoms with Gasteiger partial charge in [-0.1, -0.05) is 58.5 Å². The largest absolute Gasteiger partial charge is 0.316 e. The zero-order valence-electron chi connectivity index (χ0n) is 11.5. The molecule has 0 atom stereocenters. The molecule has 0 unspecified atom stereocenters. The Morgan fingerprint density at radius 3 is 1.57 bits per heavy atom. The Morgan fingerprint density at radius 2 is 1.24 bits per heavy atom. The minimum atomic E-state index is 0.224. The molecule has 0 bridgehead atoms. The van der Waals surface area contributed by atoms with E-state index in [1.807, 2.05) is 31.3 Å². The van der Waals surface area contributed by atoms with Crippen LogP contribution in [0.15, 0.2) is 36.4 Å². The van der Waals surface area contributed by atoms with Gasteiger partial charge in [-0.15, -0.1) is 0 Å². The van der Waals surface area contributed by atoms with Crippen LogP contribution in [-0.2, 0) is 12.8 Å². The highest BCUT2D eigenvalue weighted by molar-refractivity contribution is 6.35. The molecule has 112 valence electrons. The second-order valence-corrected chi connectivity index (χ2v) is 6.55. The van der Waals surface area contributed by atoms with Crippen molar-refractivity contribution < 1.29 is 0 Å². The zero-order chi connectivity index (χ0) is 15.4. The van der Waals surface area contributed by atoms with Crippen molar-refractivity contribution >= 4 is 46.4 Å². The van der Waals surface area contributed by atoms with Gasteiger partial charge in [-0.25, -0.2) is 0 Å². The summed E-state index contributed by atoms with van der Waals surface area (Å²) in [5.74, 6) is 0. The van der Waals surface area contributed by atoms with Crippen molar-refractivity contribution in [1.29, 1.82) is 0 Å². The van der Waals surface area contributed by atoms with Gasteiger partial charge >= 0.3 is 0 Å². The second kappa shape index (κ2) is 7.71. The van der Waals surface area contributed by atoms with E-state index in [0.29, 0.717) is 20.1 Å². The fourth-order valence-corrected chi connectivity index (χ4v) is 3.15. The van der Waals surface area contributed by atoms with E-state index in [4.69, 9.17) is 46.4 Å². The van der Waals surface area contributed by atoms with Crippen LogP contribution in [0.25, 0.3) is 0 Å². The molecule has 0 saturated heterocycles. The normalized spacial score (nSPS) is 11.1. The lowest BCUT2D eigenvalue weighted by Crippen LogP contribution is -2.30. The van der Waals surface area contributed by atoms with Crippen molar-refractivity contribution in [1.82, 2.24) is 5.32 Å². The Morgan fingerprint density at radius 1 is 0.810 bits per heavy atom. The maximum absolute atomic E-state index is 6.23. The van der Waals surface area contributed by atoms with E-state index in [-0.39, 0.29) is 6.04 Å². The molecule has 0 radical (unpaired) electrons. The Balaban J connectivity index is 2.13. The number of hydrogen-bond acceptors (Lipinski definition) is 1. The number of halogens is 4. The topological polar surface area (TPSA) is 12.0 Å². The van der Waals surface area contributed by atoms with E-state index < -0.39 is 0 Å². The first kappa shape index (κ1) is 16.9. The smallest absolute Gasteiger partial charge is 0.0453 e. The van der Waals surface area contributed by atoms with Gasteiger partial charge in [0.25, 0.3) is 0 Å². The predicted octanol–water partition coefficient (Wildman–Crippen LogP) is 5.67. The molecule has 0 heterocycles. The van der Waals surface area contributed by atoms with Crippen LogP contribution in [-0.4, -0.2) is 13.1 Å². The fraction of sp³-hybridized carbons (Fsp3) is 0.250. The average Bonchev–Trinajstić information content (AvgIpc) is 2.43. The third-order valence-corrected chi connectivity index (χ3v) is 4.54. The average molecular weight is 363 g/mol. The lowest BCUT2D eigenvalue weighted by atomic mass is 9.99. The van der Waals surface area contributed by atoms with Crippen LogP contribution in [0.5, 0.6) is 0 Å². The number of benzene rings is 2. The van der Waals surface area contributed by atoms with Crippen molar-refractivity contribution in [3.05, 3.63) is 67.6 Å². The van der Waals surface area contributed by atoms with Crippen molar-refractivity contribution in [3.8, 4) is 0 Å². The van der Waals surface area contributed by atoms with E-state index in [1.165, 1.54) is 0 Å². The summed E-state index contributed by atoms with van der Waals surface area (Å²) in [6.07, 6.45) is 1.59. The molecule has 0 aliphatic carbocycles. The molecule has 0 saturated carbocycles. The van der Waals surface area contributed by atoms with Gasteiger partial charge in [-0.05, 0) is 55.3 Å². The molecule has 0 fully saturated rings. The van der Waals surface area contributed by atoms with Crippen molar-refractivity contribution in [2.45, 2.75) is 18.9 Å². The van der Waals surface area contributed by atoms with E-state index in [9.17, 15) is 0 Å². The molecule has 2 aromatic rings. The Bertz CT molecular complexity index is 574. The van der Waals surface area contributed by atoms with Crippen LogP contribution >= 0.6 is 46.4 Å². The van der Waals surface area contributed by atoms with Gasteiger partial charge < -0.3 is 5.32 Å². The zero-order valence-corrected chi connectivity index (χ0v) is 14.5. The third-order valence-electron chi connectivity index (χ3n) is 3.37. The summed E-state index contributed by atoms with van der Waals surface area (Å²) < 4.78 is 0. The summed E-state index contributed by atoms with van der Waals surface area (Å²) in [5, 5.41) is 5.96. The van der Waals surface area contributed by atoms with E-state index in [0.717, 1.165) is 24.0 Å². The van der Waals surface area contributed by atoms with E-state index in [1.54, 1.807) is 12.1 Å². The highest BCUT2D eigenvalue weighted by Crippen LogP contribution is 2.25. The van der Waals surface area contributed by atoms with Crippen LogP contribution < -0.4 is 5.32 Å². The standard InChI is InChI=1S/C16H15Cl4N/c1-21-14(6-10-2-4-12(17)8-15(10)19)7-11-3-5-13(18)9-16(11)20/h2-5,8-9,14,21H,6-7H2,1H3. The Kier molecular flexibility index (Phi) is 6.21. The fourth-order valence-electron chi connectivity index (χ4n) is 2.18. The lowest BCUT2D eigenvalue weighted by molar-refractivity contribution is 0.556. The Hall–Kier alpha value is -0.440. The van der Waals surface area contributed by atoms with E-state index in [2.05, 4.69) is 5.32 Å². The molecule has 21 heavy (non-hydrogen) atoms. The first-order valence-electron chi connectivity index (χ1n) is 6.54. The lowest BCUT2D eigenvalue weighted by Gasteiger charge is -2.18. The summed E-state index contributed by atoms with van der Waals surface area (Å²) in [5.41, 5.74) is 2.12. The van der Waals surface area contributed by atoms with Crippen LogP contribution in [0.2, 0.25) is 20.1 Å². The monoisotopic (exact) mass is 361 g/mol. The maximum atomic E-state index is 6.23. The maximum Gasteiger partial charge on any atom is 0.0453 e. The van der Waals surface area contributed by atoms with Crippen LogP contribution in [0, 0.1) is 0 Å². The van der Waals surface area contributed by atoms with Gasteiger partial charge in [0.1, 0.15) is 0 Å². The molecule has 0 amide bonds. The van der Waals surface area contributed by atoms with Crippen LogP contribution in [0.1, 0.15) is 11.1 Å². The molecule has 5 heteroatoms. The van der Waals surface area contributed by atoms with Gasteiger partial charge in [0, 0.05) is 26.1 Å². The molecular formula is C16H15Cl4N. The molecule has 2 rings (SSSR count). The van der Waals surface area contributed by atoms with Gasteiger partial charge in [0.15, 0.2) is 0 Å². The molecule has 1 nitrogen and oxygen atoms in total. The first-order valence-corrected chi connectivity index (χ1v) is 8.06. The third kappa shape index (κ3) is 4.77. The summed E-state index contributed by atoms with van der Waals surface area (Å²) in [6.45, 7) is 0. The summed E-state index contributed by atoms with van der Waals surface area (Å²) in [6, 6.07) is 11.4. The Labute approximate surface area is 145 Å². The van der Waals surface area contributed by atoms with Gasteiger partial charge in [-0.3, -0.25) is 0 Å². The number of nitrogens with one attached hydrogen (secondary N) is 1. The van der Waals surface area contributed by atoms with Gasteiger partial charge in [0.2, 0.25) is 0 Å². The molecule has 0 spiro atoms. The summed E-state index contributed by atoms with van der Waals surface area (Å²) in [4.78, 5) is 0. The van der Waals surface area contributed by atoms with Crippen LogP contribution in [0.4, 0.5) is 0 Å². The minimum Gasteiger partial charge on any atom is -0.316 e. The number of hydrogen-bond donors (Lipinski definition) is 1. The highest BCUT2D eigenvalue weighted by atomic mass is 35.5. The van der Waals surface area contributed by atoms with Gasteiger partial charge in [-0.2, -0.15) is 0 Å². The van der Waals surface area contributed by atoms with Gasteiger partial charge in [0.05, 0.1) is 0 Å². The molecule has 2 aromatic carbocycles. The molecule has 0 aliphatic heterocycles. The number of rotatable bonds is 5. The van der Waals surface area contributed by atoms with Crippen molar-refractivity contribution in [2.75, 3.05) is 7.05 Å².